The predicted octanol–water partition coefficient (Wildman–Crippen LogP) is 10.1. The van der Waals surface area contributed by atoms with Crippen LogP contribution in [-0.4, -0.2) is 5.71 Å². The van der Waals surface area contributed by atoms with Crippen LogP contribution < -0.4 is 0 Å². The fourth-order valence-electron chi connectivity index (χ4n) is 4.20. The Morgan fingerprint density at radius 2 is 1.74 bits per heavy atom. The van der Waals surface area contributed by atoms with Crippen molar-refractivity contribution in [2.45, 2.75) is 87.5 Å². The van der Waals surface area contributed by atoms with E-state index in [2.05, 4.69) is 101 Å². The minimum absolute atomic E-state index is 0. The second kappa shape index (κ2) is 16.0. The van der Waals surface area contributed by atoms with E-state index in [1.54, 1.807) is 0 Å². The fraction of sp³-hybridized carbons (Fsp3) is 0.424. The first-order valence-electron chi connectivity index (χ1n) is 12.9. The average molecular weight is 458 g/mol. The number of aryl methyl sites for hydroxylation is 2. The third-order valence-corrected chi connectivity index (χ3v) is 6.01. The summed E-state index contributed by atoms with van der Waals surface area (Å²) in [6.07, 6.45) is 25.0. The lowest BCUT2D eigenvalue weighted by Gasteiger charge is -2.20. The van der Waals surface area contributed by atoms with E-state index in [4.69, 9.17) is 4.99 Å². The molecule has 0 spiro atoms. The van der Waals surface area contributed by atoms with Gasteiger partial charge in [-0.3, -0.25) is 4.99 Å². The van der Waals surface area contributed by atoms with E-state index in [1.807, 2.05) is 13.8 Å². The van der Waals surface area contributed by atoms with E-state index in [0.717, 1.165) is 19.3 Å². The zero-order valence-electron chi connectivity index (χ0n) is 21.7. The Bertz CT molecular complexity index is 974. The van der Waals surface area contributed by atoms with Gasteiger partial charge in [0.15, 0.2) is 0 Å². The summed E-state index contributed by atoms with van der Waals surface area (Å²) in [5.74, 6) is 0.307. The van der Waals surface area contributed by atoms with Crippen LogP contribution in [0.2, 0.25) is 0 Å². The molecule has 1 atom stereocenters. The summed E-state index contributed by atoms with van der Waals surface area (Å²) < 4.78 is 0. The Morgan fingerprint density at radius 1 is 0.971 bits per heavy atom. The van der Waals surface area contributed by atoms with Gasteiger partial charge in [0.05, 0.1) is 5.71 Å². The molecule has 0 amide bonds. The van der Waals surface area contributed by atoms with Crippen molar-refractivity contribution in [2.24, 2.45) is 10.9 Å². The standard InChI is InChI=1S/C25H25N.C5H12.C2H6.CH4/c1-18-6-4-9-21(14-12-18)24-17-26-25-22(10-5-11-23(24)25)15-13-20-8-3-7-19(2)16-20;1-3-5-4-2;1-2;/h3,5-12,14,16-17,23H,4,13,15H2,1-2H3;3-5H2,1-2H3;1-2H3;1H4. The highest BCUT2D eigenvalue weighted by atomic mass is 14.8. The number of nitrogens with zero attached hydrogens (tertiary/aromatic N) is 1. The summed E-state index contributed by atoms with van der Waals surface area (Å²) in [5, 5.41) is 0. The number of hydrogen-bond donors (Lipinski definition) is 0. The molecular formula is C33H47N. The van der Waals surface area contributed by atoms with Crippen molar-refractivity contribution in [2.75, 3.05) is 0 Å². The third kappa shape index (κ3) is 8.60. The highest BCUT2D eigenvalue weighted by Crippen LogP contribution is 2.35. The number of unbranched alkanes of at least 4 members (excludes halogenated alkanes) is 2. The zero-order chi connectivity index (χ0) is 24.1. The number of fused-ring (bicyclic) bond motifs is 1. The molecule has 34 heavy (non-hydrogen) atoms. The molecule has 1 aliphatic heterocycles. The predicted molar refractivity (Wildman–Crippen MR) is 155 cm³/mol. The van der Waals surface area contributed by atoms with Crippen molar-refractivity contribution in [1.29, 1.82) is 0 Å². The van der Waals surface area contributed by atoms with Gasteiger partial charge < -0.3 is 0 Å². The maximum absolute atomic E-state index is 4.82. The SMILES string of the molecule is C.CC.CC1=CCC=C(C2=CN=C3C(CCc4cccc(C)c4)=CC=CC23)C=C1.CCCCC. The molecular weight excluding hydrogens is 410 g/mol. The average Bonchev–Trinajstić information content (AvgIpc) is 3.15. The molecule has 0 saturated carbocycles. The van der Waals surface area contributed by atoms with Crippen LogP contribution in [0.4, 0.5) is 0 Å². The first-order valence-corrected chi connectivity index (χ1v) is 12.9. The summed E-state index contributed by atoms with van der Waals surface area (Å²) in [5.41, 5.74) is 9.31. The van der Waals surface area contributed by atoms with Crippen LogP contribution in [0.3, 0.4) is 0 Å². The van der Waals surface area contributed by atoms with Gasteiger partial charge in [0.1, 0.15) is 0 Å². The fourth-order valence-corrected chi connectivity index (χ4v) is 4.20. The molecule has 1 nitrogen and oxygen atoms in total. The van der Waals surface area contributed by atoms with Gasteiger partial charge in [0.25, 0.3) is 0 Å². The summed E-state index contributed by atoms with van der Waals surface area (Å²) in [6.45, 7) is 12.7. The van der Waals surface area contributed by atoms with Crippen LogP contribution in [-0.2, 0) is 6.42 Å². The monoisotopic (exact) mass is 457 g/mol. The maximum atomic E-state index is 4.82. The molecule has 2 aliphatic carbocycles. The minimum atomic E-state index is 0. The molecule has 1 unspecified atom stereocenters. The molecule has 0 fully saturated rings. The van der Waals surface area contributed by atoms with Crippen LogP contribution in [0.5, 0.6) is 0 Å². The number of aliphatic imine (C=N–C) groups is 1. The lowest BCUT2D eigenvalue weighted by Crippen LogP contribution is -2.17. The van der Waals surface area contributed by atoms with Gasteiger partial charge in [0.2, 0.25) is 0 Å². The molecule has 4 rings (SSSR count). The van der Waals surface area contributed by atoms with E-state index >= 15 is 0 Å². The van der Waals surface area contributed by atoms with Crippen molar-refractivity contribution >= 4 is 5.71 Å². The molecule has 1 aromatic carbocycles. The molecule has 1 heteroatoms. The molecule has 0 N–H and O–H groups in total. The Kier molecular flexibility index (Phi) is 13.9. The van der Waals surface area contributed by atoms with Crippen LogP contribution in [0.25, 0.3) is 0 Å². The van der Waals surface area contributed by atoms with E-state index in [1.165, 1.54) is 58.4 Å². The van der Waals surface area contributed by atoms with E-state index in [9.17, 15) is 0 Å². The Morgan fingerprint density at radius 3 is 2.41 bits per heavy atom. The number of allylic oxidation sites excluding steroid dienone is 11. The maximum Gasteiger partial charge on any atom is 0.0549 e. The van der Waals surface area contributed by atoms with Crippen molar-refractivity contribution < 1.29 is 0 Å². The Labute approximate surface area is 210 Å². The molecule has 1 aromatic rings. The Hall–Kier alpha value is -2.67. The molecule has 0 aromatic heterocycles. The van der Waals surface area contributed by atoms with Crippen molar-refractivity contribution in [3.8, 4) is 0 Å². The number of rotatable bonds is 6. The van der Waals surface area contributed by atoms with Gasteiger partial charge >= 0.3 is 0 Å². The lowest BCUT2D eigenvalue weighted by atomic mass is 9.83. The van der Waals surface area contributed by atoms with Crippen LogP contribution in [0.1, 0.15) is 85.3 Å². The normalized spacial score (nSPS) is 17.7. The molecule has 0 bridgehead atoms. The minimum Gasteiger partial charge on any atom is -0.260 e. The lowest BCUT2D eigenvalue weighted by molar-refractivity contribution is 0.772. The van der Waals surface area contributed by atoms with Crippen LogP contribution in [0, 0.1) is 12.8 Å². The smallest absolute Gasteiger partial charge is 0.0549 e. The molecule has 1 heterocycles. The second-order valence-corrected chi connectivity index (χ2v) is 8.67. The highest BCUT2D eigenvalue weighted by molar-refractivity contribution is 6.08. The van der Waals surface area contributed by atoms with Crippen LogP contribution >= 0.6 is 0 Å². The summed E-state index contributed by atoms with van der Waals surface area (Å²) in [7, 11) is 0. The third-order valence-electron chi connectivity index (χ3n) is 6.01. The second-order valence-electron chi connectivity index (χ2n) is 8.67. The summed E-state index contributed by atoms with van der Waals surface area (Å²) in [6, 6.07) is 8.81. The first kappa shape index (κ1) is 29.4. The van der Waals surface area contributed by atoms with Gasteiger partial charge in [-0.15, -0.1) is 0 Å². The van der Waals surface area contributed by atoms with Crippen molar-refractivity contribution in [1.82, 2.24) is 0 Å². The first-order chi connectivity index (χ1) is 16.1. The molecule has 0 radical (unpaired) electrons. The van der Waals surface area contributed by atoms with E-state index < -0.39 is 0 Å². The van der Waals surface area contributed by atoms with Gasteiger partial charge in [0, 0.05) is 12.1 Å². The van der Waals surface area contributed by atoms with Crippen LogP contribution in [0.15, 0.2) is 100 Å². The molecule has 0 saturated heterocycles. The van der Waals surface area contributed by atoms with E-state index in [0.29, 0.717) is 5.92 Å². The number of benzene rings is 1. The highest BCUT2D eigenvalue weighted by Gasteiger charge is 2.28. The number of hydrogen-bond acceptors (Lipinski definition) is 1. The van der Waals surface area contributed by atoms with Gasteiger partial charge in [-0.05, 0) is 55.4 Å². The van der Waals surface area contributed by atoms with Gasteiger partial charge in [-0.2, -0.15) is 0 Å². The Balaban J connectivity index is 0.000000645. The molecule has 3 aliphatic rings. The quantitative estimate of drug-likeness (QED) is 0.403. The van der Waals surface area contributed by atoms with Gasteiger partial charge in [-0.25, -0.2) is 0 Å². The van der Waals surface area contributed by atoms with E-state index in [-0.39, 0.29) is 7.43 Å². The topological polar surface area (TPSA) is 12.4 Å². The summed E-state index contributed by atoms with van der Waals surface area (Å²) >= 11 is 0. The summed E-state index contributed by atoms with van der Waals surface area (Å²) in [4.78, 5) is 4.82. The zero-order valence-corrected chi connectivity index (χ0v) is 21.7. The van der Waals surface area contributed by atoms with Gasteiger partial charge in [-0.1, -0.05) is 132 Å². The van der Waals surface area contributed by atoms with Crippen molar-refractivity contribution in [3.05, 3.63) is 106 Å². The largest absolute Gasteiger partial charge is 0.260 e. The molecule has 184 valence electrons. The van der Waals surface area contributed by atoms with Crippen molar-refractivity contribution in [3.63, 3.8) is 0 Å².